The van der Waals surface area contributed by atoms with Crippen LogP contribution in [-0.4, -0.2) is 48.3 Å². The van der Waals surface area contributed by atoms with Crippen molar-refractivity contribution >= 4 is 5.97 Å². The SMILES string of the molecule is CCN(CCCC(=O)O)C[C@@H]1COc2ccccc2O1. The molecule has 1 heterocycles. The van der Waals surface area contributed by atoms with Crippen molar-refractivity contribution in [3.8, 4) is 11.5 Å². The Kier molecular flexibility index (Phi) is 5.24. The molecular weight excluding hydrogens is 258 g/mol. The number of rotatable bonds is 7. The van der Waals surface area contributed by atoms with Crippen molar-refractivity contribution in [1.29, 1.82) is 0 Å². The minimum absolute atomic E-state index is 0.00493. The zero-order valence-corrected chi connectivity index (χ0v) is 11.7. The van der Waals surface area contributed by atoms with Gasteiger partial charge in [0.2, 0.25) is 0 Å². The molecule has 0 aliphatic carbocycles. The van der Waals surface area contributed by atoms with Crippen molar-refractivity contribution in [1.82, 2.24) is 4.90 Å². The average molecular weight is 279 g/mol. The van der Waals surface area contributed by atoms with E-state index in [9.17, 15) is 4.79 Å². The van der Waals surface area contributed by atoms with Gasteiger partial charge in [-0.3, -0.25) is 9.69 Å². The van der Waals surface area contributed by atoms with E-state index in [0.717, 1.165) is 31.1 Å². The third kappa shape index (κ3) is 4.13. The number of ether oxygens (including phenoxy) is 2. The van der Waals surface area contributed by atoms with E-state index in [1.54, 1.807) is 0 Å². The summed E-state index contributed by atoms with van der Waals surface area (Å²) in [6.45, 7) is 5.00. The number of fused-ring (bicyclic) bond motifs is 1. The monoisotopic (exact) mass is 279 g/mol. The maximum absolute atomic E-state index is 10.5. The molecule has 0 bridgehead atoms. The molecule has 0 saturated heterocycles. The van der Waals surface area contributed by atoms with E-state index < -0.39 is 5.97 Å². The van der Waals surface area contributed by atoms with Gasteiger partial charge in [0.1, 0.15) is 12.7 Å². The number of hydrogen-bond donors (Lipinski definition) is 1. The summed E-state index contributed by atoms with van der Waals surface area (Å²) >= 11 is 0. The molecule has 1 atom stereocenters. The van der Waals surface area contributed by atoms with Crippen LogP contribution in [0.3, 0.4) is 0 Å². The van der Waals surface area contributed by atoms with Gasteiger partial charge in [-0.25, -0.2) is 0 Å². The van der Waals surface area contributed by atoms with Gasteiger partial charge in [0.25, 0.3) is 0 Å². The fourth-order valence-corrected chi connectivity index (χ4v) is 2.27. The highest BCUT2D eigenvalue weighted by Gasteiger charge is 2.22. The van der Waals surface area contributed by atoms with Crippen molar-refractivity contribution in [2.45, 2.75) is 25.9 Å². The van der Waals surface area contributed by atoms with Crippen LogP contribution >= 0.6 is 0 Å². The second-order valence-electron chi connectivity index (χ2n) is 4.89. The lowest BCUT2D eigenvalue weighted by Crippen LogP contribution is -2.41. The Balaban J connectivity index is 1.82. The Morgan fingerprint density at radius 2 is 2.15 bits per heavy atom. The molecule has 1 aromatic rings. The van der Waals surface area contributed by atoms with Gasteiger partial charge in [-0.05, 0) is 31.6 Å². The van der Waals surface area contributed by atoms with E-state index >= 15 is 0 Å². The van der Waals surface area contributed by atoms with Crippen LogP contribution in [0.2, 0.25) is 0 Å². The molecule has 1 aliphatic heterocycles. The first-order chi connectivity index (χ1) is 9.69. The van der Waals surface area contributed by atoms with Gasteiger partial charge < -0.3 is 14.6 Å². The van der Waals surface area contributed by atoms with Crippen molar-refractivity contribution < 1.29 is 19.4 Å². The lowest BCUT2D eigenvalue weighted by Gasteiger charge is -2.30. The van der Waals surface area contributed by atoms with Crippen molar-refractivity contribution in [3.05, 3.63) is 24.3 Å². The number of carboxylic acid groups (broad SMARTS) is 1. The standard InChI is InChI=1S/C15H21NO4/c1-2-16(9-5-8-15(17)18)10-12-11-19-13-6-3-4-7-14(13)20-12/h3-4,6-7,12H,2,5,8-11H2,1H3,(H,17,18)/t12-/m1/s1. The quantitative estimate of drug-likeness (QED) is 0.827. The molecule has 0 radical (unpaired) electrons. The lowest BCUT2D eigenvalue weighted by molar-refractivity contribution is -0.137. The Morgan fingerprint density at radius 1 is 1.40 bits per heavy atom. The molecule has 5 nitrogen and oxygen atoms in total. The van der Waals surface area contributed by atoms with Gasteiger partial charge in [0.15, 0.2) is 11.5 Å². The first kappa shape index (κ1) is 14.7. The summed E-state index contributed by atoms with van der Waals surface area (Å²) in [7, 11) is 0. The highest BCUT2D eigenvalue weighted by Crippen LogP contribution is 2.30. The summed E-state index contributed by atoms with van der Waals surface area (Å²) < 4.78 is 11.6. The van der Waals surface area contributed by atoms with E-state index in [2.05, 4.69) is 11.8 Å². The number of nitrogens with zero attached hydrogens (tertiary/aromatic N) is 1. The van der Waals surface area contributed by atoms with E-state index in [1.165, 1.54) is 0 Å². The predicted octanol–water partition coefficient (Wildman–Crippen LogP) is 2.01. The van der Waals surface area contributed by atoms with Gasteiger partial charge in [0.05, 0.1) is 0 Å². The zero-order valence-electron chi connectivity index (χ0n) is 11.7. The molecule has 110 valence electrons. The maximum atomic E-state index is 10.5. The largest absolute Gasteiger partial charge is 0.486 e. The van der Waals surface area contributed by atoms with Crippen LogP contribution in [0, 0.1) is 0 Å². The normalized spacial score (nSPS) is 17.2. The molecule has 0 aromatic heterocycles. The fourth-order valence-electron chi connectivity index (χ4n) is 2.27. The van der Waals surface area contributed by atoms with Crippen LogP contribution in [0.25, 0.3) is 0 Å². The van der Waals surface area contributed by atoms with Crippen molar-refractivity contribution in [3.63, 3.8) is 0 Å². The number of carbonyl (C=O) groups is 1. The molecule has 0 spiro atoms. The van der Waals surface area contributed by atoms with Crippen LogP contribution in [0.15, 0.2) is 24.3 Å². The average Bonchev–Trinajstić information content (AvgIpc) is 2.45. The Bertz CT molecular complexity index is 449. The molecule has 0 amide bonds. The molecule has 1 aliphatic rings. The third-order valence-electron chi connectivity index (χ3n) is 3.34. The minimum atomic E-state index is -0.743. The third-order valence-corrected chi connectivity index (χ3v) is 3.34. The van der Waals surface area contributed by atoms with Gasteiger partial charge in [0, 0.05) is 13.0 Å². The van der Waals surface area contributed by atoms with Crippen molar-refractivity contribution in [2.75, 3.05) is 26.2 Å². The molecule has 0 saturated carbocycles. The van der Waals surface area contributed by atoms with E-state index in [4.69, 9.17) is 14.6 Å². The van der Waals surface area contributed by atoms with Crippen LogP contribution in [-0.2, 0) is 4.79 Å². The Labute approximate surface area is 119 Å². The second-order valence-corrected chi connectivity index (χ2v) is 4.89. The predicted molar refractivity (Wildman–Crippen MR) is 75.3 cm³/mol. The number of likely N-dealkylation sites (N-methyl/N-ethyl adjacent to an activating group) is 1. The van der Waals surface area contributed by atoms with Crippen LogP contribution in [0.5, 0.6) is 11.5 Å². The van der Waals surface area contributed by atoms with Gasteiger partial charge in [-0.2, -0.15) is 0 Å². The fraction of sp³-hybridized carbons (Fsp3) is 0.533. The molecule has 0 fully saturated rings. The summed E-state index contributed by atoms with van der Waals surface area (Å²) in [4.78, 5) is 12.7. The second kappa shape index (κ2) is 7.14. The van der Waals surface area contributed by atoms with Crippen LogP contribution in [0.4, 0.5) is 0 Å². The van der Waals surface area contributed by atoms with E-state index in [-0.39, 0.29) is 12.5 Å². The van der Waals surface area contributed by atoms with Gasteiger partial charge in [-0.15, -0.1) is 0 Å². The summed E-state index contributed by atoms with van der Waals surface area (Å²) in [6, 6.07) is 7.65. The summed E-state index contributed by atoms with van der Waals surface area (Å²) in [5, 5.41) is 8.67. The maximum Gasteiger partial charge on any atom is 0.303 e. The first-order valence-electron chi connectivity index (χ1n) is 7.01. The molecule has 20 heavy (non-hydrogen) atoms. The van der Waals surface area contributed by atoms with E-state index in [1.807, 2.05) is 24.3 Å². The Morgan fingerprint density at radius 3 is 2.85 bits per heavy atom. The number of carboxylic acids is 1. The highest BCUT2D eigenvalue weighted by atomic mass is 16.6. The van der Waals surface area contributed by atoms with E-state index in [0.29, 0.717) is 13.0 Å². The summed E-state index contributed by atoms with van der Waals surface area (Å²) in [5.74, 6) is 0.829. The number of hydrogen-bond acceptors (Lipinski definition) is 4. The summed E-state index contributed by atoms with van der Waals surface area (Å²) in [6.07, 6.45) is 0.865. The topological polar surface area (TPSA) is 59.0 Å². The molecule has 1 aromatic carbocycles. The first-order valence-corrected chi connectivity index (χ1v) is 7.01. The molecule has 0 unspecified atom stereocenters. The number of aliphatic carboxylic acids is 1. The number of para-hydroxylation sites is 2. The number of benzene rings is 1. The smallest absolute Gasteiger partial charge is 0.303 e. The van der Waals surface area contributed by atoms with Gasteiger partial charge in [-0.1, -0.05) is 19.1 Å². The highest BCUT2D eigenvalue weighted by molar-refractivity contribution is 5.66. The van der Waals surface area contributed by atoms with Gasteiger partial charge >= 0.3 is 5.97 Å². The minimum Gasteiger partial charge on any atom is -0.486 e. The summed E-state index contributed by atoms with van der Waals surface area (Å²) in [5.41, 5.74) is 0. The zero-order chi connectivity index (χ0) is 14.4. The lowest BCUT2D eigenvalue weighted by atomic mass is 10.2. The molecular formula is C15H21NO4. The molecule has 5 heteroatoms. The van der Waals surface area contributed by atoms with Crippen molar-refractivity contribution in [2.24, 2.45) is 0 Å². The molecule has 1 N–H and O–H groups in total. The molecule has 2 rings (SSSR count). The Hall–Kier alpha value is -1.75. The van der Waals surface area contributed by atoms with Crippen LogP contribution in [0.1, 0.15) is 19.8 Å². The van der Waals surface area contributed by atoms with Crippen LogP contribution < -0.4 is 9.47 Å².